The van der Waals surface area contributed by atoms with E-state index in [4.69, 9.17) is 15.4 Å². The molecule has 0 radical (unpaired) electrons. The summed E-state index contributed by atoms with van der Waals surface area (Å²) in [6.07, 6.45) is 2.29. The van der Waals surface area contributed by atoms with Crippen molar-refractivity contribution in [1.82, 2.24) is 0 Å². The molecule has 0 bridgehead atoms. The highest BCUT2D eigenvalue weighted by atomic mass is 35.7. The van der Waals surface area contributed by atoms with Gasteiger partial charge in [-0.1, -0.05) is 0 Å². The SMILES string of the molecule is COc1c(F)cc(C(=O)OC2CCC2)cc1S(=O)(=O)Cl. The molecule has 8 heteroatoms. The van der Waals surface area contributed by atoms with Crippen molar-refractivity contribution < 1.29 is 27.1 Å². The van der Waals surface area contributed by atoms with Crippen LogP contribution < -0.4 is 4.74 Å². The molecule has 1 saturated carbocycles. The van der Waals surface area contributed by atoms with Gasteiger partial charge in [0.05, 0.1) is 12.7 Å². The van der Waals surface area contributed by atoms with Gasteiger partial charge in [0.15, 0.2) is 11.6 Å². The van der Waals surface area contributed by atoms with Gasteiger partial charge in [-0.25, -0.2) is 17.6 Å². The second-order valence-corrected chi connectivity index (χ2v) is 6.92. The molecule has 1 aliphatic carbocycles. The van der Waals surface area contributed by atoms with E-state index in [2.05, 4.69) is 4.74 Å². The highest BCUT2D eigenvalue weighted by molar-refractivity contribution is 8.13. The Balaban J connectivity index is 2.39. The summed E-state index contributed by atoms with van der Waals surface area (Å²) in [6.45, 7) is 0. The van der Waals surface area contributed by atoms with E-state index in [0.717, 1.165) is 38.5 Å². The van der Waals surface area contributed by atoms with Crippen molar-refractivity contribution in [3.05, 3.63) is 23.5 Å². The van der Waals surface area contributed by atoms with Crippen LogP contribution in [0.15, 0.2) is 17.0 Å². The van der Waals surface area contributed by atoms with Crippen LogP contribution in [0.3, 0.4) is 0 Å². The van der Waals surface area contributed by atoms with Crippen molar-refractivity contribution in [2.24, 2.45) is 0 Å². The van der Waals surface area contributed by atoms with Crippen LogP contribution >= 0.6 is 10.7 Å². The van der Waals surface area contributed by atoms with Crippen LogP contribution in [0.4, 0.5) is 4.39 Å². The number of hydrogen-bond acceptors (Lipinski definition) is 5. The lowest BCUT2D eigenvalue weighted by molar-refractivity contribution is 0.00892. The highest BCUT2D eigenvalue weighted by Crippen LogP contribution is 2.32. The smallest absolute Gasteiger partial charge is 0.338 e. The zero-order chi connectivity index (χ0) is 14.9. The van der Waals surface area contributed by atoms with E-state index in [1.807, 2.05) is 0 Å². The first-order chi connectivity index (χ1) is 9.32. The van der Waals surface area contributed by atoms with Gasteiger partial charge in [0.1, 0.15) is 11.0 Å². The van der Waals surface area contributed by atoms with Crippen LogP contribution in [0.1, 0.15) is 29.6 Å². The number of carbonyl (C=O) groups excluding carboxylic acids is 1. The summed E-state index contributed by atoms with van der Waals surface area (Å²) in [5, 5.41) is 0. The lowest BCUT2D eigenvalue weighted by Crippen LogP contribution is -2.25. The summed E-state index contributed by atoms with van der Waals surface area (Å²) < 4.78 is 46.3. The van der Waals surface area contributed by atoms with Gasteiger partial charge in [-0.15, -0.1) is 0 Å². The van der Waals surface area contributed by atoms with Crippen molar-refractivity contribution in [3.8, 4) is 5.75 Å². The molecular formula is C12H12ClFO5S. The van der Waals surface area contributed by atoms with Gasteiger partial charge < -0.3 is 9.47 Å². The number of methoxy groups -OCH3 is 1. The molecule has 0 aliphatic heterocycles. The maximum atomic E-state index is 13.8. The van der Waals surface area contributed by atoms with E-state index in [9.17, 15) is 17.6 Å². The first kappa shape index (κ1) is 15.1. The Morgan fingerprint density at radius 2 is 2.05 bits per heavy atom. The van der Waals surface area contributed by atoms with E-state index in [1.165, 1.54) is 0 Å². The number of halogens is 2. The molecule has 0 atom stereocenters. The first-order valence-corrected chi connectivity index (χ1v) is 8.17. The molecule has 2 rings (SSSR count). The molecule has 20 heavy (non-hydrogen) atoms. The minimum absolute atomic E-state index is 0.191. The van der Waals surface area contributed by atoms with E-state index >= 15 is 0 Å². The Kier molecular flexibility index (Phi) is 4.19. The second-order valence-electron chi connectivity index (χ2n) is 4.39. The normalized spacial score (nSPS) is 15.6. The minimum atomic E-state index is -4.24. The number of hydrogen-bond donors (Lipinski definition) is 0. The molecule has 1 aromatic carbocycles. The van der Waals surface area contributed by atoms with Gasteiger partial charge in [-0.05, 0) is 31.4 Å². The molecule has 1 aromatic rings. The fourth-order valence-corrected chi connectivity index (χ4v) is 2.79. The van der Waals surface area contributed by atoms with Crippen LogP contribution in [-0.2, 0) is 13.8 Å². The fraction of sp³-hybridized carbons (Fsp3) is 0.417. The minimum Gasteiger partial charge on any atom is -0.492 e. The molecule has 0 heterocycles. The average molecular weight is 323 g/mol. The lowest BCUT2D eigenvalue weighted by Gasteiger charge is -2.25. The quantitative estimate of drug-likeness (QED) is 0.629. The predicted molar refractivity (Wildman–Crippen MR) is 69.0 cm³/mol. The number of benzene rings is 1. The maximum Gasteiger partial charge on any atom is 0.338 e. The Bertz CT molecular complexity index is 639. The molecule has 0 saturated heterocycles. The number of ether oxygens (including phenoxy) is 2. The van der Waals surface area contributed by atoms with E-state index in [0.29, 0.717) is 0 Å². The van der Waals surface area contributed by atoms with Gasteiger partial charge in [0.2, 0.25) is 0 Å². The Labute approximate surface area is 120 Å². The van der Waals surface area contributed by atoms with Crippen molar-refractivity contribution in [2.75, 3.05) is 7.11 Å². The van der Waals surface area contributed by atoms with Crippen LogP contribution in [0.5, 0.6) is 5.75 Å². The van der Waals surface area contributed by atoms with Crippen LogP contribution in [0.25, 0.3) is 0 Å². The Morgan fingerprint density at radius 3 is 2.50 bits per heavy atom. The molecule has 0 N–H and O–H groups in total. The van der Waals surface area contributed by atoms with E-state index < -0.39 is 31.5 Å². The van der Waals surface area contributed by atoms with Crippen LogP contribution in [-0.4, -0.2) is 27.6 Å². The largest absolute Gasteiger partial charge is 0.492 e. The standard InChI is InChI=1S/C12H12ClFO5S/c1-18-11-9(14)5-7(6-10(11)20(13,16)17)12(15)19-8-3-2-4-8/h5-6,8H,2-4H2,1H3. The summed E-state index contributed by atoms with van der Waals surface area (Å²) in [4.78, 5) is 11.2. The Hall–Kier alpha value is -1.34. The molecule has 0 amide bonds. The fourth-order valence-electron chi connectivity index (χ4n) is 1.77. The molecular weight excluding hydrogens is 311 g/mol. The lowest BCUT2D eigenvalue weighted by atomic mass is 9.96. The predicted octanol–water partition coefficient (Wildman–Crippen LogP) is 2.47. The third-order valence-corrected chi connectivity index (χ3v) is 4.37. The van der Waals surface area contributed by atoms with E-state index in [1.54, 1.807) is 0 Å². The van der Waals surface area contributed by atoms with E-state index in [-0.39, 0.29) is 11.7 Å². The van der Waals surface area contributed by atoms with Gasteiger partial charge in [0.25, 0.3) is 9.05 Å². The average Bonchev–Trinajstić information content (AvgIpc) is 2.31. The summed E-state index contributed by atoms with van der Waals surface area (Å²) in [6, 6.07) is 1.82. The molecule has 1 aliphatic rings. The molecule has 110 valence electrons. The summed E-state index contributed by atoms with van der Waals surface area (Å²) in [5.41, 5.74) is -0.213. The summed E-state index contributed by atoms with van der Waals surface area (Å²) >= 11 is 0. The number of rotatable bonds is 4. The first-order valence-electron chi connectivity index (χ1n) is 5.86. The topological polar surface area (TPSA) is 69.7 Å². The second kappa shape index (κ2) is 5.57. The number of carbonyl (C=O) groups is 1. The zero-order valence-corrected chi connectivity index (χ0v) is 12.1. The third-order valence-electron chi connectivity index (χ3n) is 3.04. The Morgan fingerprint density at radius 1 is 1.40 bits per heavy atom. The van der Waals surface area contributed by atoms with Crippen molar-refractivity contribution >= 4 is 25.7 Å². The van der Waals surface area contributed by atoms with Crippen molar-refractivity contribution in [3.63, 3.8) is 0 Å². The van der Waals surface area contributed by atoms with Crippen LogP contribution in [0, 0.1) is 5.82 Å². The monoisotopic (exact) mass is 322 g/mol. The molecule has 1 fully saturated rings. The molecule has 0 unspecified atom stereocenters. The molecule has 0 spiro atoms. The van der Waals surface area contributed by atoms with Gasteiger partial charge in [0, 0.05) is 10.7 Å². The zero-order valence-electron chi connectivity index (χ0n) is 10.6. The van der Waals surface area contributed by atoms with Gasteiger partial charge >= 0.3 is 5.97 Å². The van der Waals surface area contributed by atoms with Crippen molar-refractivity contribution in [2.45, 2.75) is 30.3 Å². The third kappa shape index (κ3) is 3.04. The molecule has 0 aromatic heterocycles. The highest BCUT2D eigenvalue weighted by Gasteiger charge is 2.27. The maximum absolute atomic E-state index is 13.8. The summed E-state index contributed by atoms with van der Waals surface area (Å²) in [7, 11) is 2.07. The van der Waals surface area contributed by atoms with Gasteiger partial charge in [-0.2, -0.15) is 0 Å². The van der Waals surface area contributed by atoms with Crippen molar-refractivity contribution in [1.29, 1.82) is 0 Å². The molecule has 5 nitrogen and oxygen atoms in total. The summed E-state index contributed by atoms with van der Waals surface area (Å²) in [5.74, 6) is -2.30. The van der Waals surface area contributed by atoms with Gasteiger partial charge in [-0.3, -0.25) is 0 Å². The van der Waals surface area contributed by atoms with Crippen LogP contribution in [0.2, 0.25) is 0 Å². The number of esters is 1.